The summed E-state index contributed by atoms with van der Waals surface area (Å²) in [6.45, 7) is 2.32. The van der Waals surface area contributed by atoms with E-state index in [1.165, 1.54) is 0 Å². The van der Waals surface area contributed by atoms with Crippen LogP contribution in [-0.4, -0.2) is 31.3 Å². The second-order valence-electron chi connectivity index (χ2n) is 5.73. The zero-order chi connectivity index (χ0) is 19.2. The summed E-state index contributed by atoms with van der Waals surface area (Å²) in [5.74, 6) is 1.51. The van der Waals surface area contributed by atoms with Crippen LogP contribution in [0.3, 0.4) is 0 Å². The van der Waals surface area contributed by atoms with Crippen LogP contribution in [0.4, 0.5) is 0 Å². The van der Waals surface area contributed by atoms with E-state index in [0.29, 0.717) is 52.3 Å². The molecule has 6 nitrogen and oxygen atoms in total. The zero-order valence-electron chi connectivity index (χ0n) is 15.0. The van der Waals surface area contributed by atoms with Crippen LogP contribution < -0.4 is 14.8 Å². The standard InChI is InChI=1S/C20H19ClN2O4/c1-13-18(19(23-27-13)16-8-3-4-9-17(16)21)20(24)22-10-11-26-15-7-5-6-14(12-15)25-2/h3-9,12H,10-11H2,1-2H3,(H,22,24). The first-order chi connectivity index (χ1) is 13.1. The van der Waals surface area contributed by atoms with Gasteiger partial charge in [-0.15, -0.1) is 0 Å². The summed E-state index contributed by atoms with van der Waals surface area (Å²) >= 11 is 6.22. The van der Waals surface area contributed by atoms with E-state index >= 15 is 0 Å². The summed E-state index contributed by atoms with van der Waals surface area (Å²) in [5.41, 5.74) is 1.43. The molecule has 0 unspecified atom stereocenters. The quantitative estimate of drug-likeness (QED) is 0.618. The zero-order valence-corrected chi connectivity index (χ0v) is 15.7. The molecule has 0 spiro atoms. The third kappa shape index (κ3) is 4.41. The summed E-state index contributed by atoms with van der Waals surface area (Å²) in [6.07, 6.45) is 0. The van der Waals surface area contributed by atoms with Gasteiger partial charge in [0.2, 0.25) is 0 Å². The Bertz CT molecular complexity index is 939. The maximum Gasteiger partial charge on any atom is 0.257 e. The highest BCUT2D eigenvalue weighted by atomic mass is 35.5. The van der Waals surface area contributed by atoms with Crippen molar-refractivity contribution in [3.05, 3.63) is 64.9 Å². The number of aryl methyl sites for hydroxylation is 1. The lowest BCUT2D eigenvalue weighted by atomic mass is 10.1. The molecule has 0 aliphatic heterocycles. The third-order valence-corrected chi connectivity index (χ3v) is 4.25. The number of rotatable bonds is 7. The van der Waals surface area contributed by atoms with Crippen LogP contribution in [0.5, 0.6) is 11.5 Å². The predicted octanol–water partition coefficient (Wildman–Crippen LogP) is 4.12. The largest absolute Gasteiger partial charge is 0.497 e. The minimum atomic E-state index is -0.294. The Morgan fingerprint density at radius 2 is 1.96 bits per heavy atom. The predicted molar refractivity (Wildman–Crippen MR) is 103 cm³/mol. The van der Waals surface area contributed by atoms with Gasteiger partial charge in [-0.1, -0.05) is 41.0 Å². The highest BCUT2D eigenvalue weighted by Gasteiger charge is 2.22. The Morgan fingerprint density at radius 3 is 2.74 bits per heavy atom. The fourth-order valence-electron chi connectivity index (χ4n) is 2.59. The number of benzene rings is 2. The van der Waals surface area contributed by atoms with Gasteiger partial charge in [0.1, 0.15) is 35.1 Å². The Labute approximate surface area is 162 Å². The van der Waals surface area contributed by atoms with Gasteiger partial charge in [0.05, 0.1) is 18.7 Å². The van der Waals surface area contributed by atoms with Crippen molar-refractivity contribution in [3.8, 4) is 22.8 Å². The van der Waals surface area contributed by atoms with E-state index in [4.69, 9.17) is 25.6 Å². The molecule has 27 heavy (non-hydrogen) atoms. The van der Waals surface area contributed by atoms with E-state index in [2.05, 4.69) is 10.5 Å². The molecule has 140 valence electrons. The summed E-state index contributed by atoms with van der Waals surface area (Å²) in [4.78, 5) is 12.6. The van der Waals surface area contributed by atoms with Crippen molar-refractivity contribution in [1.29, 1.82) is 0 Å². The van der Waals surface area contributed by atoms with E-state index in [0.717, 1.165) is 0 Å². The van der Waals surface area contributed by atoms with Crippen molar-refractivity contribution in [2.24, 2.45) is 0 Å². The summed E-state index contributed by atoms with van der Waals surface area (Å²) in [7, 11) is 1.59. The fourth-order valence-corrected chi connectivity index (χ4v) is 2.81. The number of carbonyl (C=O) groups is 1. The van der Waals surface area contributed by atoms with E-state index < -0.39 is 0 Å². The Balaban J connectivity index is 1.63. The van der Waals surface area contributed by atoms with Gasteiger partial charge in [-0.3, -0.25) is 4.79 Å². The molecule has 7 heteroatoms. The van der Waals surface area contributed by atoms with E-state index in [1.54, 1.807) is 32.2 Å². The molecular weight excluding hydrogens is 368 g/mol. The lowest BCUT2D eigenvalue weighted by Crippen LogP contribution is -2.28. The van der Waals surface area contributed by atoms with Gasteiger partial charge in [-0.2, -0.15) is 0 Å². The lowest BCUT2D eigenvalue weighted by molar-refractivity contribution is 0.0946. The summed E-state index contributed by atoms with van der Waals surface area (Å²) in [5, 5.41) is 7.31. The van der Waals surface area contributed by atoms with Gasteiger partial charge in [0.15, 0.2) is 0 Å². The molecule has 1 amide bonds. The SMILES string of the molecule is COc1cccc(OCCNC(=O)c2c(-c3ccccc3Cl)noc2C)c1. The first-order valence-electron chi connectivity index (χ1n) is 8.36. The first kappa shape index (κ1) is 18.8. The van der Waals surface area contributed by atoms with Crippen molar-refractivity contribution >= 4 is 17.5 Å². The first-order valence-corrected chi connectivity index (χ1v) is 8.74. The van der Waals surface area contributed by atoms with Crippen molar-refractivity contribution in [2.45, 2.75) is 6.92 Å². The number of nitrogens with zero attached hydrogens (tertiary/aromatic N) is 1. The lowest BCUT2D eigenvalue weighted by Gasteiger charge is -2.09. The number of halogens is 1. The van der Waals surface area contributed by atoms with Gasteiger partial charge in [-0.05, 0) is 25.1 Å². The van der Waals surface area contributed by atoms with Gasteiger partial charge in [0, 0.05) is 11.6 Å². The molecule has 0 fully saturated rings. The van der Waals surface area contributed by atoms with E-state index in [1.807, 2.05) is 30.3 Å². The number of ether oxygens (including phenoxy) is 2. The molecule has 0 saturated carbocycles. The number of amides is 1. The average Bonchev–Trinajstić information content (AvgIpc) is 3.07. The van der Waals surface area contributed by atoms with Gasteiger partial charge in [-0.25, -0.2) is 0 Å². The molecular formula is C20H19ClN2O4. The van der Waals surface area contributed by atoms with Crippen molar-refractivity contribution in [3.63, 3.8) is 0 Å². The Hall–Kier alpha value is -2.99. The van der Waals surface area contributed by atoms with Crippen LogP contribution in [0.2, 0.25) is 5.02 Å². The monoisotopic (exact) mass is 386 g/mol. The second-order valence-corrected chi connectivity index (χ2v) is 6.13. The molecule has 0 radical (unpaired) electrons. The minimum Gasteiger partial charge on any atom is -0.497 e. The fraction of sp³-hybridized carbons (Fsp3) is 0.200. The third-order valence-electron chi connectivity index (χ3n) is 3.92. The molecule has 0 bridgehead atoms. The van der Waals surface area contributed by atoms with Crippen LogP contribution in [0.25, 0.3) is 11.3 Å². The Morgan fingerprint density at radius 1 is 1.19 bits per heavy atom. The molecule has 0 aliphatic carbocycles. The van der Waals surface area contributed by atoms with Crippen LogP contribution in [0.15, 0.2) is 53.1 Å². The molecule has 3 rings (SSSR count). The molecule has 3 aromatic rings. The summed E-state index contributed by atoms with van der Waals surface area (Å²) < 4.78 is 16.0. The Kier molecular flexibility index (Phi) is 5.98. The highest BCUT2D eigenvalue weighted by molar-refractivity contribution is 6.33. The molecule has 0 atom stereocenters. The number of methoxy groups -OCH3 is 1. The molecule has 0 aliphatic rings. The second kappa shape index (κ2) is 8.60. The number of aromatic nitrogens is 1. The maximum atomic E-state index is 12.6. The normalized spacial score (nSPS) is 10.5. The molecule has 1 N–H and O–H groups in total. The van der Waals surface area contributed by atoms with Crippen molar-refractivity contribution in [1.82, 2.24) is 10.5 Å². The van der Waals surface area contributed by atoms with Gasteiger partial charge >= 0.3 is 0 Å². The topological polar surface area (TPSA) is 73.6 Å². The summed E-state index contributed by atoms with van der Waals surface area (Å²) in [6, 6.07) is 14.4. The number of hydrogen-bond donors (Lipinski definition) is 1. The highest BCUT2D eigenvalue weighted by Crippen LogP contribution is 2.30. The van der Waals surface area contributed by atoms with Crippen LogP contribution in [0, 0.1) is 6.92 Å². The molecule has 2 aromatic carbocycles. The maximum absolute atomic E-state index is 12.6. The van der Waals surface area contributed by atoms with E-state index in [9.17, 15) is 4.79 Å². The average molecular weight is 387 g/mol. The minimum absolute atomic E-state index is 0.294. The number of carbonyl (C=O) groups excluding carboxylic acids is 1. The van der Waals surface area contributed by atoms with Crippen molar-refractivity contribution < 1.29 is 18.8 Å². The van der Waals surface area contributed by atoms with Gasteiger partial charge in [0.25, 0.3) is 5.91 Å². The molecule has 1 heterocycles. The van der Waals surface area contributed by atoms with E-state index in [-0.39, 0.29) is 5.91 Å². The van der Waals surface area contributed by atoms with Gasteiger partial charge < -0.3 is 19.3 Å². The van der Waals surface area contributed by atoms with Crippen LogP contribution in [-0.2, 0) is 0 Å². The number of nitrogens with one attached hydrogen (secondary N) is 1. The van der Waals surface area contributed by atoms with Crippen LogP contribution >= 0.6 is 11.6 Å². The van der Waals surface area contributed by atoms with Crippen LogP contribution in [0.1, 0.15) is 16.1 Å². The molecule has 0 saturated heterocycles. The molecule has 1 aromatic heterocycles. The number of hydrogen-bond acceptors (Lipinski definition) is 5. The van der Waals surface area contributed by atoms with Crippen molar-refractivity contribution in [2.75, 3.05) is 20.3 Å². The smallest absolute Gasteiger partial charge is 0.257 e.